The average molecular weight is 449 g/mol. The van der Waals surface area contributed by atoms with Crippen molar-refractivity contribution in [2.24, 2.45) is 5.92 Å². The second-order valence-electron chi connectivity index (χ2n) is 7.28. The van der Waals surface area contributed by atoms with Crippen LogP contribution in [0.1, 0.15) is 18.4 Å². The number of esters is 1. The summed E-state index contributed by atoms with van der Waals surface area (Å²) >= 11 is 0. The Morgan fingerprint density at radius 3 is 2.41 bits per heavy atom. The van der Waals surface area contributed by atoms with Crippen LogP contribution >= 0.6 is 0 Å². The molecule has 2 N–H and O–H groups in total. The molecule has 3 rings (SSSR count). The van der Waals surface area contributed by atoms with Crippen LogP contribution in [0.15, 0.2) is 54.6 Å². The number of hydrogen-bond acceptors (Lipinski definition) is 4. The fourth-order valence-corrected chi connectivity index (χ4v) is 3.36. The third-order valence-corrected chi connectivity index (χ3v) is 4.92. The predicted octanol–water partition coefficient (Wildman–Crippen LogP) is 4.13. The van der Waals surface area contributed by atoms with E-state index in [-0.39, 0.29) is 12.6 Å². The molecule has 0 radical (unpaired) electrons. The van der Waals surface area contributed by atoms with Gasteiger partial charge in [-0.1, -0.05) is 30.3 Å². The molecule has 32 heavy (non-hydrogen) atoms. The SMILES string of the molecule is O=C(COC(=O)C1CCCN(C(=O)Nc2ccccc2)C1)Nc1ccccc1C(F)(F)F. The summed E-state index contributed by atoms with van der Waals surface area (Å²) in [5.41, 5.74) is -0.785. The Morgan fingerprint density at radius 1 is 1.00 bits per heavy atom. The molecule has 1 aliphatic rings. The van der Waals surface area contributed by atoms with Crippen LogP contribution in [-0.2, 0) is 20.5 Å². The molecule has 1 fully saturated rings. The number of piperidine rings is 1. The summed E-state index contributed by atoms with van der Waals surface area (Å²) in [6, 6.07) is 13.0. The fraction of sp³-hybridized carbons (Fsp3) is 0.318. The number of anilines is 2. The number of rotatable bonds is 5. The van der Waals surface area contributed by atoms with Gasteiger partial charge < -0.3 is 20.3 Å². The number of hydrogen-bond donors (Lipinski definition) is 2. The van der Waals surface area contributed by atoms with Crippen LogP contribution in [0.3, 0.4) is 0 Å². The number of likely N-dealkylation sites (tertiary alicyclic amines) is 1. The maximum Gasteiger partial charge on any atom is 0.418 e. The maximum atomic E-state index is 13.0. The van der Waals surface area contributed by atoms with Crippen molar-refractivity contribution in [1.82, 2.24) is 4.90 Å². The topological polar surface area (TPSA) is 87.7 Å². The lowest BCUT2D eigenvalue weighted by Crippen LogP contribution is -2.45. The highest BCUT2D eigenvalue weighted by Gasteiger charge is 2.34. The van der Waals surface area contributed by atoms with E-state index in [1.807, 2.05) is 6.07 Å². The summed E-state index contributed by atoms with van der Waals surface area (Å²) in [7, 11) is 0. The van der Waals surface area contributed by atoms with Gasteiger partial charge >= 0.3 is 18.2 Å². The van der Waals surface area contributed by atoms with Crippen molar-refractivity contribution in [1.29, 1.82) is 0 Å². The molecule has 0 aliphatic carbocycles. The number of benzene rings is 2. The second kappa shape index (κ2) is 10.2. The van der Waals surface area contributed by atoms with Crippen molar-refractivity contribution in [3.63, 3.8) is 0 Å². The highest BCUT2D eigenvalue weighted by atomic mass is 19.4. The number of nitrogens with one attached hydrogen (secondary N) is 2. The van der Waals surface area contributed by atoms with Gasteiger partial charge in [0.15, 0.2) is 6.61 Å². The van der Waals surface area contributed by atoms with Crippen LogP contribution in [0.25, 0.3) is 0 Å². The van der Waals surface area contributed by atoms with Gasteiger partial charge in [-0.2, -0.15) is 13.2 Å². The Kier molecular flexibility index (Phi) is 7.34. The molecular formula is C22H22F3N3O4. The van der Waals surface area contributed by atoms with E-state index in [0.29, 0.717) is 25.1 Å². The van der Waals surface area contributed by atoms with Gasteiger partial charge in [0.25, 0.3) is 5.91 Å². The molecule has 0 saturated carbocycles. The minimum absolute atomic E-state index is 0.121. The van der Waals surface area contributed by atoms with Crippen molar-refractivity contribution in [2.75, 3.05) is 30.3 Å². The number of para-hydroxylation sites is 2. The van der Waals surface area contributed by atoms with Crippen molar-refractivity contribution in [3.05, 3.63) is 60.2 Å². The molecule has 170 valence electrons. The van der Waals surface area contributed by atoms with Gasteiger partial charge in [0, 0.05) is 18.8 Å². The fourth-order valence-electron chi connectivity index (χ4n) is 3.36. The average Bonchev–Trinajstić information content (AvgIpc) is 2.78. The van der Waals surface area contributed by atoms with Gasteiger partial charge in [0.1, 0.15) is 0 Å². The van der Waals surface area contributed by atoms with E-state index in [1.54, 1.807) is 24.3 Å². The van der Waals surface area contributed by atoms with E-state index < -0.39 is 41.8 Å². The number of nitrogens with zero attached hydrogens (tertiary/aromatic N) is 1. The number of carbonyl (C=O) groups excluding carboxylic acids is 3. The molecule has 3 amide bonds. The zero-order chi connectivity index (χ0) is 23.1. The van der Waals surface area contributed by atoms with Crippen LogP contribution in [0, 0.1) is 5.92 Å². The summed E-state index contributed by atoms with van der Waals surface area (Å²) in [5.74, 6) is -2.19. The minimum atomic E-state index is -4.63. The summed E-state index contributed by atoms with van der Waals surface area (Å²) in [5, 5.41) is 4.86. The lowest BCUT2D eigenvalue weighted by molar-refractivity contribution is -0.153. The number of carbonyl (C=O) groups is 3. The van der Waals surface area contributed by atoms with Gasteiger partial charge in [0.2, 0.25) is 0 Å². The first kappa shape index (κ1) is 23.1. The summed E-state index contributed by atoms with van der Waals surface area (Å²) in [6.45, 7) is -0.134. The lowest BCUT2D eigenvalue weighted by atomic mass is 9.98. The third kappa shape index (κ3) is 6.22. The Morgan fingerprint density at radius 2 is 1.69 bits per heavy atom. The molecule has 7 nitrogen and oxygen atoms in total. The van der Waals surface area contributed by atoms with Crippen molar-refractivity contribution in [3.8, 4) is 0 Å². The van der Waals surface area contributed by atoms with E-state index in [9.17, 15) is 27.6 Å². The van der Waals surface area contributed by atoms with Crippen LogP contribution < -0.4 is 10.6 Å². The molecule has 1 aliphatic heterocycles. The molecule has 1 unspecified atom stereocenters. The second-order valence-corrected chi connectivity index (χ2v) is 7.28. The molecule has 0 bridgehead atoms. The normalized spacial score (nSPS) is 16.2. The Hall–Kier alpha value is -3.56. The predicted molar refractivity (Wildman–Crippen MR) is 111 cm³/mol. The van der Waals surface area contributed by atoms with Crippen LogP contribution in [0.5, 0.6) is 0 Å². The van der Waals surface area contributed by atoms with Gasteiger partial charge in [-0.05, 0) is 37.1 Å². The Balaban J connectivity index is 1.50. The van der Waals surface area contributed by atoms with E-state index >= 15 is 0 Å². The number of halogens is 3. The molecule has 10 heteroatoms. The van der Waals surface area contributed by atoms with Gasteiger partial charge in [0.05, 0.1) is 17.2 Å². The molecular weight excluding hydrogens is 427 g/mol. The summed E-state index contributed by atoms with van der Waals surface area (Å²) in [4.78, 5) is 38.3. The van der Waals surface area contributed by atoms with Crippen molar-refractivity contribution in [2.45, 2.75) is 19.0 Å². The monoisotopic (exact) mass is 449 g/mol. The quantitative estimate of drug-likeness (QED) is 0.672. The molecule has 2 aromatic rings. The first-order chi connectivity index (χ1) is 15.2. The Bertz CT molecular complexity index is 966. The third-order valence-electron chi connectivity index (χ3n) is 4.92. The number of ether oxygens (including phenoxy) is 1. The maximum absolute atomic E-state index is 13.0. The zero-order valence-electron chi connectivity index (χ0n) is 17.0. The van der Waals surface area contributed by atoms with Crippen LogP contribution in [0.4, 0.5) is 29.3 Å². The summed E-state index contributed by atoms with van der Waals surface area (Å²) in [6.07, 6.45) is -3.58. The van der Waals surface area contributed by atoms with Crippen LogP contribution in [-0.4, -0.2) is 42.5 Å². The van der Waals surface area contributed by atoms with E-state index in [1.165, 1.54) is 17.0 Å². The van der Waals surface area contributed by atoms with Gasteiger partial charge in [-0.25, -0.2) is 4.79 Å². The molecule has 2 aromatic carbocycles. The molecule has 1 atom stereocenters. The zero-order valence-corrected chi connectivity index (χ0v) is 17.0. The van der Waals surface area contributed by atoms with Crippen LogP contribution in [0.2, 0.25) is 0 Å². The first-order valence-electron chi connectivity index (χ1n) is 9.97. The summed E-state index contributed by atoms with van der Waals surface area (Å²) < 4.78 is 44.1. The highest BCUT2D eigenvalue weighted by Crippen LogP contribution is 2.34. The number of amides is 3. The molecule has 1 heterocycles. The van der Waals surface area contributed by atoms with E-state index in [0.717, 1.165) is 12.1 Å². The number of urea groups is 1. The molecule has 0 spiro atoms. The molecule has 0 aromatic heterocycles. The first-order valence-corrected chi connectivity index (χ1v) is 9.97. The lowest BCUT2D eigenvalue weighted by Gasteiger charge is -2.31. The van der Waals surface area contributed by atoms with E-state index in [2.05, 4.69) is 10.6 Å². The Labute approximate surface area is 182 Å². The minimum Gasteiger partial charge on any atom is -0.455 e. The smallest absolute Gasteiger partial charge is 0.418 e. The van der Waals surface area contributed by atoms with Gasteiger partial charge in [-0.3, -0.25) is 9.59 Å². The largest absolute Gasteiger partial charge is 0.455 e. The molecule has 1 saturated heterocycles. The highest BCUT2D eigenvalue weighted by molar-refractivity contribution is 5.94. The van der Waals surface area contributed by atoms with Gasteiger partial charge in [-0.15, -0.1) is 0 Å². The van der Waals surface area contributed by atoms with Crippen molar-refractivity contribution >= 4 is 29.3 Å². The van der Waals surface area contributed by atoms with Crippen molar-refractivity contribution < 1.29 is 32.3 Å². The standard InChI is InChI=1S/C22H22F3N3O4/c23-22(24,25)17-10-4-5-11-18(17)27-19(29)14-32-20(30)15-7-6-12-28(13-15)21(31)26-16-8-2-1-3-9-16/h1-5,8-11,15H,6-7,12-14H2,(H,26,31)(H,27,29). The number of alkyl halides is 3. The van der Waals surface area contributed by atoms with E-state index in [4.69, 9.17) is 4.74 Å².